The average molecular weight is 329 g/mol. The molecular weight excluding hydrogens is 302 g/mol. The second-order valence-electron chi connectivity index (χ2n) is 6.52. The molecule has 0 unspecified atom stereocenters. The van der Waals surface area contributed by atoms with Gasteiger partial charge in [-0.2, -0.15) is 5.10 Å². The van der Waals surface area contributed by atoms with Crippen LogP contribution in [0.25, 0.3) is 0 Å². The number of methoxy groups -OCH3 is 1. The van der Waals surface area contributed by atoms with E-state index < -0.39 is 6.10 Å². The SMILES string of the molecule is COc1ccc([C@H]2CCCCCN2C[C@H](O)Cn2cccn2)cc1. The number of benzene rings is 1. The topological polar surface area (TPSA) is 50.5 Å². The van der Waals surface area contributed by atoms with Gasteiger partial charge in [-0.1, -0.05) is 25.0 Å². The Kier molecular flexibility index (Phi) is 5.88. The van der Waals surface area contributed by atoms with E-state index in [0.717, 1.165) is 18.7 Å². The number of hydrogen-bond donors (Lipinski definition) is 1. The number of likely N-dealkylation sites (tertiary alicyclic amines) is 1. The van der Waals surface area contributed by atoms with Crippen LogP contribution in [0.15, 0.2) is 42.7 Å². The fourth-order valence-corrected chi connectivity index (χ4v) is 3.54. The van der Waals surface area contributed by atoms with Crippen LogP contribution < -0.4 is 4.74 Å². The van der Waals surface area contributed by atoms with Crippen molar-refractivity contribution < 1.29 is 9.84 Å². The molecule has 1 fully saturated rings. The van der Waals surface area contributed by atoms with Gasteiger partial charge in [0.05, 0.1) is 19.8 Å². The van der Waals surface area contributed by atoms with Gasteiger partial charge in [0.1, 0.15) is 5.75 Å². The van der Waals surface area contributed by atoms with E-state index in [1.54, 1.807) is 18.0 Å². The summed E-state index contributed by atoms with van der Waals surface area (Å²) in [5.74, 6) is 0.887. The molecule has 130 valence electrons. The average Bonchev–Trinajstić information content (AvgIpc) is 3.00. The first kappa shape index (κ1) is 17.0. The number of hydrogen-bond acceptors (Lipinski definition) is 4. The molecule has 1 aromatic heterocycles. The summed E-state index contributed by atoms with van der Waals surface area (Å²) in [7, 11) is 1.69. The Bertz CT molecular complexity index is 598. The zero-order valence-corrected chi connectivity index (χ0v) is 14.3. The number of rotatable bonds is 6. The highest BCUT2D eigenvalue weighted by Gasteiger charge is 2.24. The minimum absolute atomic E-state index is 0.366. The van der Waals surface area contributed by atoms with E-state index in [-0.39, 0.29) is 0 Å². The number of aliphatic hydroxyl groups is 1. The normalized spacial score (nSPS) is 20.5. The van der Waals surface area contributed by atoms with Gasteiger partial charge in [-0.25, -0.2) is 0 Å². The minimum Gasteiger partial charge on any atom is -0.497 e. The zero-order valence-electron chi connectivity index (χ0n) is 14.3. The van der Waals surface area contributed by atoms with Crippen LogP contribution in [0.4, 0.5) is 0 Å². The first-order valence-electron chi connectivity index (χ1n) is 8.80. The molecular formula is C19H27N3O2. The number of β-amino-alcohol motifs (C(OH)–C–C–N with tert-alkyl or cyclic N) is 1. The molecule has 5 heteroatoms. The smallest absolute Gasteiger partial charge is 0.118 e. The Morgan fingerprint density at radius 2 is 2.04 bits per heavy atom. The highest BCUT2D eigenvalue weighted by atomic mass is 16.5. The summed E-state index contributed by atoms with van der Waals surface area (Å²) in [4.78, 5) is 2.43. The molecule has 0 radical (unpaired) electrons. The van der Waals surface area contributed by atoms with Gasteiger partial charge in [0.25, 0.3) is 0 Å². The summed E-state index contributed by atoms with van der Waals surface area (Å²) < 4.78 is 7.06. The van der Waals surface area contributed by atoms with Crippen LogP contribution in [-0.4, -0.2) is 46.1 Å². The van der Waals surface area contributed by atoms with E-state index in [9.17, 15) is 5.11 Å². The van der Waals surface area contributed by atoms with Crippen LogP contribution in [0.3, 0.4) is 0 Å². The van der Waals surface area contributed by atoms with Gasteiger partial charge in [-0.15, -0.1) is 0 Å². The maximum absolute atomic E-state index is 10.5. The van der Waals surface area contributed by atoms with Crippen LogP contribution in [-0.2, 0) is 6.54 Å². The van der Waals surface area contributed by atoms with Gasteiger partial charge >= 0.3 is 0 Å². The van der Waals surface area contributed by atoms with Crippen LogP contribution in [0.2, 0.25) is 0 Å². The summed E-state index contributed by atoms with van der Waals surface area (Å²) in [6, 6.07) is 10.6. The van der Waals surface area contributed by atoms with Crippen molar-refractivity contribution in [1.29, 1.82) is 0 Å². The molecule has 1 aliphatic heterocycles. The Labute approximate surface area is 143 Å². The standard InChI is InChI=1S/C19H27N3O2/c1-24-18-9-7-16(8-10-18)19-6-3-2-4-12-21(19)14-17(23)15-22-13-5-11-20-22/h5,7-11,13,17,19,23H,2-4,6,12,14-15H2,1H3/t17-,19+/m0/s1. The maximum atomic E-state index is 10.5. The highest BCUT2D eigenvalue weighted by molar-refractivity contribution is 5.29. The molecule has 3 rings (SSSR count). The Balaban J connectivity index is 1.69. The van der Waals surface area contributed by atoms with E-state index in [1.807, 2.05) is 24.4 Å². The van der Waals surface area contributed by atoms with Crippen molar-refractivity contribution in [3.05, 3.63) is 48.3 Å². The van der Waals surface area contributed by atoms with Crippen LogP contribution in [0.1, 0.15) is 37.3 Å². The summed E-state index contributed by atoms with van der Waals surface area (Å²) in [5.41, 5.74) is 1.31. The fourth-order valence-electron chi connectivity index (χ4n) is 3.54. The molecule has 1 saturated heterocycles. The second-order valence-corrected chi connectivity index (χ2v) is 6.52. The first-order chi connectivity index (χ1) is 11.8. The molecule has 2 heterocycles. The molecule has 5 nitrogen and oxygen atoms in total. The lowest BCUT2D eigenvalue weighted by Gasteiger charge is -2.32. The predicted molar refractivity (Wildman–Crippen MR) is 94.0 cm³/mol. The van der Waals surface area contributed by atoms with Gasteiger partial charge in [0, 0.05) is 25.0 Å². The van der Waals surface area contributed by atoms with E-state index in [4.69, 9.17) is 4.74 Å². The molecule has 0 bridgehead atoms. The van der Waals surface area contributed by atoms with Gasteiger partial charge in [-0.3, -0.25) is 9.58 Å². The molecule has 0 spiro atoms. The van der Waals surface area contributed by atoms with Crippen molar-refractivity contribution in [2.75, 3.05) is 20.2 Å². The van der Waals surface area contributed by atoms with Crippen molar-refractivity contribution in [2.24, 2.45) is 0 Å². The second kappa shape index (κ2) is 8.31. The summed E-state index contributed by atoms with van der Waals surface area (Å²) in [5, 5.41) is 14.7. The minimum atomic E-state index is -0.413. The largest absolute Gasteiger partial charge is 0.497 e. The van der Waals surface area contributed by atoms with Gasteiger partial charge in [0.15, 0.2) is 0 Å². The number of ether oxygens (including phenoxy) is 1. The van der Waals surface area contributed by atoms with Crippen molar-refractivity contribution in [1.82, 2.24) is 14.7 Å². The van der Waals surface area contributed by atoms with Gasteiger partial charge < -0.3 is 9.84 Å². The zero-order chi connectivity index (χ0) is 16.8. The summed E-state index contributed by atoms with van der Waals surface area (Å²) in [6.45, 7) is 2.25. The van der Waals surface area contributed by atoms with E-state index >= 15 is 0 Å². The van der Waals surface area contributed by atoms with E-state index in [2.05, 4.69) is 22.1 Å². The quantitative estimate of drug-likeness (QED) is 0.885. The molecule has 1 aliphatic rings. The third-order valence-corrected chi connectivity index (χ3v) is 4.77. The lowest BCUT2D eigenvalue weighted by molar-refractivity contribution is 0.0737. The number of aromatic nitrogens is 2. The maximum Gasteiger partial charge on any atom is 0.118 e. The number of aliphatic hydroxyl groups excluding tert-OH is 1. The van der Waals surface area contributed by atoms with Gasteiger partial charge in [-0.05, 0) is 43.1 Å². The third-order valence-electron chi connectivity index (χ3n) is 4.77. The molecule has 2 atom stereocenters. The number of nitrogens with zero attached hydrogens (tertiary/aromatic N) is 3. The van der Waals surface area contributed by atoms with Crippen molar-refractivity contribution in [2.45, 2.75) is 44.4 Å². The molecule has 0 aliphatic carbocycles. The van der Waals surface area contributed by atoms with Crippen LogP contribution >= 0.6 is 0 Å². The molecule has 1 aromatic carbocycles. The van der Waals surface area contributed by atoms with Crippen molar-refractivity contribution >= 4 is 0 Å². The highest BCUT2D eigenvalue weighted by Crippen LogP contribution is 2.31. The van der Waals surface area contributed by atoms with Crippen LogP contribution in [0, 0.1) is 0 Å². The fraction of sp³-hybridized carbons (Fsp3) is 0.526. The van der Waals surface area contributed by atoms with E-state index in [1.165, 1.54) is 24.8 Å². The molecule has 2 aromatic rings. The van der Waals surface area contributed by atoms with Gasteiger partial charge in [0.2, 0.25) is 0 Å². The van der Waals surface area contributed by atoms with E-state index in [0.29, 0.717) is 19.1 Å². The van der Waals surface area contributed by atoms with Crippen molar-refractivity contribution in [3.63, 3.8) is 0 Å². The molecule has 0 saturated carbocycles. The molecule has 1 N–H and O–H groups in total. The summed E-state index contributed by atoms with van der Waals surface area (Å²) in [6.07, 6.45) is 8.07. The Morgan fingerprint density at radius 3 is 2.75 bits per heavy atom. The third kappa shape index (κ3) is 4.36. The lowest BCUT2D eigenvalue weighted by atomic mass is 10.0. The summed E-state index contributed by atoms with van der Waals surface area (Å²) >= 11 is 0. The van der Waals surface area contributed by atoms with Crippen molar-refractivity contribution in [3.8, 4) is 5.75 Å². The molecule has 24 heavy (non-hydrogen) atoms. The lowest BCUT2D eigenvalue weighted by Crippen LogP contribution is -2.37. The monoisotopic (exact) mass is 329 g/mol. The predicted octanol–water partition coefficient (Wildman–Crippen LogP) is 2.87. The van der Waals surface area contributed by atoms with Crippen LogP contribution in [0.5, 0.6) is 5.75 Å². The molecule has 0 amide bonds. The Hall–Kier alpha value is -1.85. The first-order valence-corrected chi connectivity index (χ1v) is 8.80. The Morgan fingerprint density at radius 1 is 1.21 bits per heavy atom.